The number of benzene rings is 1. The first-order valence-corrected chi connectivity index (χ1v) is 8.19. The Morgan fingerprint density at radius 2 is 1.39 bits per heavy atom. The number of phenolic OH excluding ortho intramolecular Hbond substituents is 1. The van der Waals surface area contributed by atoms with Crippen molar-refractivity contribution in [3.8, 4) is 5.75 Å². The molecule has 1 aromatic carbocycles. The monoisotopic (exact) mass is 397 g/mol. The number of phenols is 1. The Labute approximate surface area is 161 Å². The average molecular weight is 397 g/mol. The van der Waals surface area contributed by atoms with Crippen molar-refractivity contribution in [2.75, 3.05) is 41.0 Å². The Kier molecular flexibility index (Phi) is 9.44. The van der Waals surface area contributed by atoms with Crippen LogP contribution in [-0.2, 0) is 44.5 Å². The Hall–Kier alpha value is -3.14. The van der Waals surface area contributed by atoms with Crippen molar-refractivity contribution in [2.24, 2.45) is 0 Å². The van der Waals surface area contributed by atoms with Gasteiger partial charge in [-0.2, -0.15) is 0 Å². The molecule has 0 bridgehead atoms. The number of carbonyl (C=O) groups is 4. The largest absolute Gasteiger partial charge is 0.508 e. The van der Waals surface area contributed by atoms with Crippen LogP contribution in [0.15, 0.2) is 24.3 Å². The number of methoxy groups -OCH3 is 3. The average Bonchev–Trinajstić information content (AvgIpc) is 2.70. The van der Waals surface area contributed by atoms with E-state index in [2.05, 4.69) is 14.2 Å². The van der Waals surface area contributed by atoms with Crippen molar-refractivity contribution < 1.29 is 43.2 Å². The lowest BCUT2D eigenvalue weighted by molar-refractivity contribution is -0.162. The minimum Gasteiger partial charge on any atom is -0.508 e. The standard InChI is InChI=1S/C18H23NO9/c1-25-15(21)9-19(10-16(22)26-2)14(18(24)28-11-17(23)27-3)8-12-4-6-13(20)7-5-12/h4-7,14,20H,8-11H2,1-3H3/t14-/m0/s1. The van der Waals surface area contributed by atoms with Crippen LogP contribution in [0.4, 0.5) is 0 Å². The zero-order chi connectivity index (χ0) is 21.1. The first-order valence-electron chi connectivity index (χ1n) is 8.19. The van der Waals surface area contributed by atoms with E-state index in [0.29, 0.717) is 5.56 Å². The summed E-state index contributed by atoms with van der Waals surface area (Å²) in [6, 6.07) is 4.90. The van der Waals surface area contributed by atoms with Crippen molar-refractivity contribution in [1.29, 1.82) is 0 Å². The summed E-state index contributed by atoms with van der Waals surface area (Å²) in [5, 5.41) is 9.41. The van der Waals surface area contributed by atoms with E-state index in [9.17, 15) is 24.3 Å². The van der Waals surface area contributed by atoms with E-state index in [1.54, 1.807) is 12.1 Å². The maximum Gasteiger partial charge on any atom is 0.344 e. The van der Waals surface area contributed by atoms with E-state index >= 15 is 0 Å². The van der Waals surface area contributed by atoms with Crippen molar-refractivity contribution in [3.63, 3.8) is 0 Å². The van der Waals surface area contributed by atoms with E-state index in [0.717, 1.165) is 7.11 Å². The molecule has 0 amide bonds. The molecule has 0 unspecified atom stereocenters. The topological polar surface area (TPSA) is 129 Å². The van der Waals surface area contributed by atoms with Crippen LogP contribution in [0.2, 0.25) is 0 Å². The maximum absolute atomic E-state index is 12.6. The molecule has 1 rings (SSSR count). The molecule has 0 saturated heterocycles. The number of hydrogen-bond donors (Lipinski definition) is 1. The number of nitrogens with zero attached hydrogens (tertiary/aromatic N) is 1. The van der Waals surface area contributed by atoms with Crippen LogP contribution in [0.1, 0.15) is 5.56 Å². The predicted molar refractivity (Wildman–Crippen MR) is 94.2 cm³/mol. The predicted octanol–water partition coefficient (Wildman–Crippen LogP) is -0.332. The molecule has 1 aromatic rings. The summed E-state index contributed by atoms with van der Waals surface area (Å²) in [7, 11) is 3.48. The highest BCUT2D eigenvalue weighted by atomic mass is 16.6. The fourth-order valence-corrected chi connectivity index (χ4v) is 2.24. The van der Waals surface area contributed by atoms with Crippen LogP contribution < -0.4 is 0 Å². The summed E-state index contributed by atoms with van der Waals surface area (Å²) >= 11 is 0. The number of ether oxygens (including phenoxy) is 4. The van der Waals surface area contributed by atoms with E-state index in [1.807, 2.05) is 0 Å². The Morgan fingerprint density at radius 3 is 1.86 bits per heavy atom. The molecule has 10 heteroatoms. The van der Waals surface area contributed by atoms with Crippen molar-refractivity contribution in [3.05, 3.63) is 29.8 Å². The fraction of sp³-hybridized carbons (Fsp3) is 0.444. The number of aromatic hydroxyl groups is 1. The lowest BCUT2D eigenvalue weighted by Gasteiger charge is -2.28. The quantitative estimate of drug-likeness (QED) is 0.414. The zero-order valence-corrected chi connectivity index (χ0v) is 15.9. The summed E-state index contributed by atoms with van der Waals surface area (Å²) < 4.78 is 18.6. The summed E-state index contributed by atoms with van der Waals surface area (Å²) in [4.78, 5) is 48.6. The highest BCUT2D eigenvalue weighted by Crippen LogP contribution is 2.15. The maximum atomic E-state index is 12.6. The minimum absolute atomic E-state index is 0.0360. The lowest BCUT2D eigenvalue weighted by Crippen LogP contribution is -2.49. The molecule has 0 heterocycles. The Bertz CT molecular complexity index is 669. The zero-order valence-electron chi connectivity index (χ0n) is 15.9. The Morgan fingerprint density at radius 1 is 0.893 bits per heavy atom. The molecule has 0 radical (unpaired) electrons. The van der Waals surface area contributed by atoms with Crippen LogP contribution in [0.5, 0.6) is 5.75 Å². The SMILES string of the molecule is COC(=O)COC(=O)[C@H](Cc1ccc(O)cc1)N(CC(=O)OC)CC(=O)OC. The van der Waals surface area contributed by atoms with Gasteiger partial charge in [0, 0.05) is 0 Å². The third kappa shape index (κ3) is 7.62. The van der Waals surface area contributed by atoms with E-state index in [-0.39, 0.29) is 25.3 Å². The van der Waals surface area contributed by atoms with E-state index < -0.39 is 36.5 Å². The number of esters is 4. The number of carbonyl (C=O) groups excluding carboxylic acids is 4. The second-order valence-corrected chi connectivity index (χ2v) is 5.63. The van der Waals surface area contributed by atoms with Gasteiger partial charge in [0.25, 0.3) is 0 Å². The molecule has 0 fully saturated rings. The van der Waals surface area contributed by atoms with Gasteiger partial charge >= 0.3 is 23.9 Å². The smallest absolute Gasteiger partial charge is 0.344 e. The van der Waals surface area contributed by atoms with Crippen molar-refractivity contribution in [2.45, 2.75) is 12.5 Å². The Balaban J connectivity index is 3.11. The van der Waals surface area contributed by atoms with Gasteiger partial charge in [-0.25, -0.2) is 4.79 Å². The molecular formula is C18H23NO9. The van der Waals surface area contributed by atoms with Crippen molar-refractivity contribution >= 4 is 23.9 Å². The van der Waals surface area contributed by atoms with Gasteiger partial charge in [-0.05, 0) is 24.1 Å². The molecule has 0 spiro atoms. The van der Waals surface area contributed by atoms with Gasteiger partial charge in [0.15, 0.2) is 6.61 Å². The second-order valence-electron chi connectivity index (χ2n) is 5.63. The molecule has 0 aromatic heterocycles. The molecule has 0 saturated carbocycles. The molecule has 0 aliphatic rings. The van der Waals surface area contributed by atoms with Gasteiger partial charge < -0.3 is 24.1 Å². The summed E-state index contributed by atoms with van der Waals surface area (Å²) in [6.45, 7) is -1.39. The van der Waals surface area contributed by atoms with Gasteiger partial charge in [0.1, 0.15) is 11.8 Å². The summed E-state index contributed by atoms with van der Waals surface area (Å²) in [5.74, 6) is -2.93. The lowest BCUT2D eigenvalue weighted by atomic mass is 10.0. The molecule has 1 N–H and O–H groups in total. The van der Waals surface area contributed by atoms with Crippen LogP contribution >= 0.6 is 0 Å². The van der Waals surface area contributed by atoms with Gasteiger partial charge in [-0.15, -0.1) is 0 Å². The highest BCUT2D eigenvalue weighted by molar-refractivity contribution is 5.82. The fourth-order valence-electron chi connectivity index (χ4n) is 2.24. The van der Waals surface area contributed by atoms with Crippen LogP contribution in [-0.4, -0.2) is 81.0 Å². The molecule has 0 aliphatic heterocycles. The third-order valence-corrected chi connectivity index (χ3v) is 3.76. The molecular weight excluding hydrogens is 374 g/mol. The minimum atomic E-state index is -1.10. The van der Waals surface area contributed by atoms with Crippen LogP contribution in [0, 0.1) is 0 Å². The first kappa shape index (κ1) is 22.9. The molecule has 10 nitrogen and oxygen atoms in total. The third-order valence-electron chi connectivity index (χ3n) is 3.76. The van der Waals surface area contributed by atoms with Gasteiger partial charge in [-0.3, -0.25) is 19.3 Å². The molecule has 1 atom stereocenters. The summed E-state index contributed by atoms with van der Waals surface area (Å²) in [6.07, 6.45) is 0.0360. The van der Waals surface area contributed by atoms with Gasteiger partial charge in [0.2, 0.25) is 0 Å². The highest BCUT2D eigenvalue weighted by Gasteiger charge is 2.32. The van der Waals surface area contributed by atoms with Crippen LogP contribution in [0.3, 0.4) is 0 Å². The normalized spacial score (nSPS) is 11.4. The molecule has 0 aliphatic carbocycles. The summed E-state index contributed by atoms with van der Waals surface area (Å²) in [5.41, 5.74) is 0.623. The second kappa shape index (κ2) is 11.5. The van der Waals surface area contributed by atoms with Crippen LogP contribution in [0.25, 0.3) is 0 Å². The number of hydrogen-bond acceptors (Lipinski definition) is 10. The van der Waals surface area contributed by atoms with E-state index in [4.69, 9.17) is 4.74 Å². The van der Waals surface area contributed by atoms with Gasteiger partial charge in [0.05, 0.1) is 34.4 Å². The molecule has 28 heavy (non-hydrogen) atoms. The van der Waals surface area contributed by atoms with Crippen molar-refractivity contribution in [1.82, 2.24) is 4.90 Å². The van der Waals surface area contributed by atoms with E-state index in [1.165, 1.54) is 31.3 Å². The van der Waals surface area contributed by atoms with Gasteiger partial charge in [-0.1, -0.05) is 12.1 Å². The molecule has 154 valence electrons. The first-order chi connectivity index (χ1) is 13.3. The number of rotatable bonds is 10.